The van der Waals surface area contributed by atoms with Crippen LogP contribution in [0.15, 0.2) is 48.5 Å². The minimum Gasteiger partial charge on any atom is -0.0656 e. The van der Waals surface area contributed by atoms with Crippen molar-refractivity contribution in [1.29, 1.82) is 0 Å². The second-order valence-corrected chi connectivity index (χ2v) is 21.0. The van der Waals surface area contributed by atoms with Gasteiger partial charge < -0.3 is 0 Å². The van der Waals surface area contributed by atoms with E-state index >= 15 is 0 Å². The molecule has 2 rings (SSSR count). The molecule has 0 aliphatic heterocycles. The third-order valence-electron chi connectivity index (χ3n) is 7.65. The van der Waals surface area contributed by atoms with Gasteiger partial charge in [-0.25, -0.2) is 0 Å². The Labute approximate surface area is 210 Å². The zero-order chi connectivity index (χ0) is 24.2. The van der Waals surface area contributed by atoms with Crippen LogP contribution in [0.25, 0.3) is 0 Å². The van der Waals surface area contributed by atoms with E-state index in [1.165, 1.54) is 85.4 Å². The van der Waals surface area contributed by atoms with Crippen molar-refractivity contribution in [3.8, 4) is 0 Å². The third kappa shape index (κ3) is 7.64. The van der Waals surface area contributed by atoms with Gasteiger partial charge in [0.1, 0.15) is 0 Å². The Bertz CT molecular complexity index is 680. The van der Waals surface area contributed by atoms with E-state index in [1.807, 2.05) is 0 Å². The van der Waals surface area contributed by atoms with Gasteiger partial charge in [0, 0.05) is 0 Å². The van der Waals surface area contributed by atoms with Crippen LogP contribution in [0.5, 0.6) is 0 Å². The number of rotatable bonds is 16. The van der Waals surface area contributed by atoms with E-state index in [0.29, 0.717) is 0 Å². The number of hydrogen-bond acceptors (Lipinski definition) is 0. The van der Waals surface area contributed by atoms with E-state index in [9.17, 15) is 0 Å². The molecule has 0 bridgehead atoms. The molecule has 33 heavy (non-hydrogen) atoms. The molecule has 0 amide bonds. The summed E-state index contributed by atoms with van der Waals surface area (Å²) in [4.78, 5) is 0. The van der Waals surface area contributed by atoms with Crippen LogP contribution < -0.4 is 21.0 Å². The second kappa shape index (κ2) is 14.6. The van der Waals surface area contributed by atoms with Crippen LogP contribution in [0.1, 0.15) is 80.1 Å². The quantitative estimate of drug-likeness (QED) is 0.162. The summed E-state index contributed by atoms with van der Waals surface area (Å²) in [5.41, 5.74) is 0. The fourth-order valence-electron chi connectivity index (χ4n) is 6.47. The Hall–Kier alpha value is -0.696. The van der Waals surface area contributed by atoms with Crippen LogP contribution in [0, 0.1) is 0 Å². The Morgan fingerprint density at radius 3 is 0.879 bits per heavy atom. The molecule has 0 spiro atoms. The van der Waals surface area contributed by atoms with Crippen molar-refractivity contribution in [3.63, 3.8) is 0 Å². The van der Waals surface area contributed by atoms with Gasteiger partial charge >= 0.3 is 0 Å². The largest absolute Gasteiger partial charge is 0.0866 e. The van der Waals surface area contributed by atoms with E-state index in [2.05, 4.69) is 90.1 Å². The molecular formula is C30H51PSi2. The van der Waals surface area contributed by atoms with Gasteiger partial charge in [-0.1, -0.05) is 184 Å². The zero-order valence-electron chi connectivity index (χ0n) is 22.6. The Balaban J connectivity index is 2.21. The van der Waals surface area contributed by atoms with Crippen molar-refractivity contribution in [2.24, 2.45) is 0 Å². The Morgan fingerprint density at radius 2 is 0.667 bits per heavy atom. The molecule has 2 aromatic carbocycles. The molecule has 0 aliphatic rings. The topological polar surface area (TPSA) is 0 Å². The first kappa shape index (κ1) is 28.5. The maximum atomic E-state index is 2.52. The highest BCUT2D eigenvalue weighted by atomic mass is 31.1. The predicted octanol–water partition coefficient (Wildman–Crippen LogP) is 8.09. The highest BCUT2D eigenvalue weighted by molar-refractivity contribution is 7.55. The highest BCUT2D eigenvalue weighted by Crippen LogP contribution is 2.27. The number of hydrogen-bond donors (Lipinski definition) is 0. The lowest BCUT2D eigenvalue weighted by Crippen LogP contribution is -2.47. The number of benzene rings is 2. The third-order valence-corrected chi connectivity index (χ3v) is 20.8. The standard InChI is InChI=1S/C30H51PSi2/c1-7-21-32(22-8-2,23-9-3)29-17-13-27(14-18-29)31-28-15-19-30(20-16-28)33(24-10-4,25-11-5)26-12-6/h13-20,31H,7-12,21-26H2,1-6H3. The van der Waals surface area contributed by atoms with Gasteiger partial charge in [-0.3, -0.25) is 0 Å². The maximum absolute atomic E-state index is 2.52. The molecule has 0 N–H and O–H groups in total. The van der Waals surface area contributed by atoms with Gasteiger partial charge in [0.2, 0.25) is 0 Å². The summed E-state index contributed by atoms with van der Waals surface area (Å²) in [6.45, 7) is 14.3. The lowest BCUT2D eigenvalue weighted by Gasteiger charge is -2.32. The second-order valence-electron chi connectivity index (χ2n) is 10.3. The Morgan fingerprint density at radius 1 is 0.424 bits per heavy atom. The van der Waals surface area contributed by atoms with E-state index in [0.717, 1.165) is 8.58 Å². The van der Waals surface area contributed by atoms with Crippen LogP contribution in [0.4, 0.5) is 0 Å². The van der Waals surface area contributed by atoms with Crippen molar-refractivity contribution in [2.45, 2.75) is 116 Å². The summed E-state index contributed by atoms with van der Waals surface area (Å²) in [5.74, 6) is 0. The van der Waals surface area contributed by atoms with Gasteiger partial charge in [-0.2, -0.15) is 0 Å². The van der Waals surface area contributed by atoms with Crippen LogP contribution in [0.2, 0.25) is 36.3 Å². The molecule has 0 saturated carbocycles. The maximum Gasteiger partial charge on any atom is 0.0866 e. The molecule has 0 fully saturated rings. The molecule has 2 aromatic rings. The predicted molar refractivity (Wildman–Crippen MR) is 162 cm³/mol. The summed E-state index contributed by atoms with van der Waals surface area (Å²) in [5, 5.41) is 6.43. The van der Waals surface area contributed by atoms with E-state index in [4.69, 9.17) is 0 Å². The highest BCUT2D eigenvalue weighted by Gasteiger charge is 2.33. The van der Waals surface area contributed by atoms with Crippen LogP contribution in [-0.2, 0) is 0 Å². The Kier molecular flexibility index (Phi) is 12.7. The van der Waals surface area contributed by atoms with Gasteiger partial charge in [-0.15, -0.1) is 0 Å². The summed E-state index contributed by atoms with van der Waals surface area (Å²) in [6, 6.07) is 28.6. The smallest absolute Gasteiger partial charge is 0.0656 e. The average Bonchev–Trinajstić information content (AvgIpc) is 2.81. The van der Waals surface area contributed by atoms with Crippen LogP contribution >= 0.6 is 8.58 Å². The minimum atomic E-state index is -1.33. The van der Waals surface area contributed by atoms with Gasteiger partial charge in [-0.05, 0) is 10.6 Å². The molecule has 184 valence electrons. The van der Waals surface area contributed by atoms with Crippen LogP contribution in [0.3, 0.4) is 0 Å². The van der Waals surface area contributed by atoms with Crippen molar-refractivity contribution < 1.29 is 0 Å². The van der Waals surface area contributed by atoms with Crippen molar-refractivity contribution in [2.75, 3.05) is 0 Å². The monoisotopic (exact) mass is 498 g/mol. The minimum absolute atomic E-state index is 0.773. The normalized spacial score (nSPS) is 12.3. The molecule has 0 radical (unpaired) electrons. The molecular weight excluding hydrogens is 447 g/mol. The van der Waals surface area contributed by atoms with Gasteiger partial charge in [0.15, 0.2) is 0 Å². The lowest BCUT2D eigenvalue weighted by molar-refractivity contribution is 0.937. The molecule has 0 atom stereocenters. The van der Waals surface area contributed by atoms with Crippen LogP contribution in [-0.4, -0.2) is 16.1 Å². The molecule has 0 heterocycles. The first-order chi connectivity index (χ1) is 16.0. The van der Waals surface area contributed by atoms with Crippen molar-refractivity contribution >= 4 is 45.7 Å². The molecule has 0 nitrogen and oxygen atoms in total. The molecule has 0 unspecified atom stereocenters. The van der Waals surface area contributed by atoms with Crippen molar-refractivity contribution in [3.05, 3.63) is 48.5 Å². The van der Waals surface area contributed by atoms with E-state index < -0.39 is 16.1 Å². The van der Waals surface area contributed by atoms with E-state index in [1.54, 1.807) is 10.4 Å². The molecule has 0 aromatic heterocycles. The van der Waals surface area contributed by atoms with E-state index in [-0.39, 0.29) is 0 Å². The lowest BCUT2D eigenvalue weighted by atomic mass is 10.3. The fourth-order valence-corrected chi connectivity index (χ4v) is 18.2. The SMILES string of the molecule is CCC[Si](CCC)(CCC)c1ccc(Pc2ccc([Si](CCC)(CCC)CCC)cc2)cc1. The molecule has 3 heteroatoms. The zero-order valence-corrected chi connectivity index (χ0v) is 25.6. The van der Waals surface area contributed by atoms with Gasteiger partial charge in [0.05, 0.1) is 16.1 Å². The molecule has 0 aliphatic carbocycles. The summed E-state index contributed by atoms with van der Waals surface area (Å²) in [7, 11) is -1.89. The summed E-state index contributed by atoms with van der Waals surface area (Å²) < 4.78 is 0. The average molecular weight is 499 g/mol. The fraction of sp³-hybridized carbons (Fsp3) is 0.600. The first-order valence-electron chi connectivity index (χ1n) is 14.0. The summed E-state index contributed by atoms with van der Waals surface area (Å²) >= 11 is 0. The summed E-state index contributed by atoms with van der Waals surface area (Å²) in [6.07, 6.45) is 8.01. The molecule has 0 saturated heterocycles. The van der Waals surface area contributed by atoms with Crippen molar-refractivity contribution in [1.82, 2.24) is 0 Å². The van der Waals surface area contributed by atoms with Gasteiger partial charge in [0.25, 0.3) is 0 Å². The first-order valence-corrected chi connectivity index (χ1v) is 20.2.